The summed E-state index contributed by atoms with van der Waals surface area (Å²) in [5, 5.41) is 12.4. The van der Waals surface area contributed by atoms with Crippen LogP contribution in [0.25, 0.3) is 0 Å². The van der Waals surface area contributed by atoms with Gasteiger partial charge in [0.2, 0.25) is 5.91 Å². The summed E-state index contributed by atoms with van der Waals surface area (Å²) in [6.45, 7) is 0.331. The zero-order chi connectivity index (χ0) is 11.7. The SMILES string of the molecule is O=C1CC(C(O)c2cc(F)cc(F)c2)CN1. The number of benzene rings is 1. The fraction of sp³-hybridized carbons (Fsp3) is 0.364. The topological polar surface area (TPSA) is 49.3 Å². The lowest BCUT2D eigenvalue weighted by atomic mass is 9.95. The van der Waals surface area contributed by atoms with Gasteiger partial charge in [0, 0.05) is 24.9 Å². The predicted octanol–water partition coefficient (Wildman–Crippen LogP) is 1.13. The van der Waals surface area contributed by atoms with E-state index in [9.17, 15) is 18.7 Å². The normalized spacial score (nSPS) is 21.9. The van der Waals surface area contributed by atoms with Crippen molar-refractivity contribution in [3.63, 3.8) is 0 Å². The zero-order valence-electron chi connectivity index (χ0n) is 8.41. The lowest BCUT2D eigenvalue weighted by Crippen LogP contribution is -2.17. The Morgan fingerprint density at radius 1 is 1.31 bits per heavy atom. The van der Waals surface area contributed by atoms with Crippen LogP contribution in [0.1, 0.15) is 18.1 Å². The first-order valence-corrected chi connectivity index (χ1v) is 4.97. The Balaban J connectivity index is 2.20. The molecule has 1 aromatic carbocycles. The highest BCUT2D eigenvalue weighted by Crippen LogP contribution is 2.27. The standard InChI is InChI=1S/C11H11F2NO2/c12-8-1-6(2-9(13)4-8)11(16)7-3-10(15)14-5-7/h1-2,4,7,11,16H,3,5H2,(H,14,15). The van der Waals surface area contributed by atoms with Crippen molar-refractivity contribution in [2.75, 3.05) is 6.54 Å². The third-order valence-electron chi connectivity index (χ3n) is 2.68. The Morgan fingerprint density at radius 3 is 2.44 bits per heavy atom. The van der Waals surface area contributed by atoms with Crippen LogP contribution in [-0.2, 0) is 4.79 Å². The van der Waals surface area contributed by atoms with Gasteiger partial charge in [-0.2, -0.15) is 0 Å². The van der Waals surface area contributed by atoms with Crippen LogP contribution in [0.4, 0.5) is 8.78 Å². The van der Waals surface area contributed by atoms with Crippen molar-refractivity contribution in [2.45, 2.75) is 12.5 Å². The van der Waals surface area contributed by atoms with E-state index in [1.54, 1.807) is 0 Å². The van der Waals surface area contributed by atoms with E-state index in [4.69, 9.17) is 0 Å². The highest BCUT2D eigenvalue weighted by molar-refractivity contribution is 5.78. The number of hydrogen-bond donors (Lipinski definition) is 2. The molecule has 2 atom stereocenters. The number of aliphatic hydroxyl groups excluding tert-OH is 1. The quantitative estimate of drug-likeness (QED) is 0.795. The minimum absolute atomic E-state index is 0.152. The van der Waals surface area contributed by atoms with E-state index in [-0.39, 0.29) is 23.8 Å². The van der Waals surface area contributed by atoms with Crippen molar-refractivity contribution < 1.29 is 18.7 Å². The van der Waals surface area contributed by atoms with Gasteiger partial charge in [-0.15, -0.1) is 0 Å². The first-order valence-electron chi connectivity index (χ1n) is 4.97. The maximum atomic E-state index is 12.9. The van der Waals surface area contributed by atoms with E-state index in [1.165, 1.54) is 0 Å². The summed E-state index contributed by atoms with van der Waals surface area (Å²) in [6.07, 6.45) is -0.844. The molecule has 86 valence electrons. The average Bonchev–Trinajstić information content (AvgIpc) is 2.62. The molecule has 1 heterocycles. The van der Waals surface area contributed by atoms with Crippen molar-refractivity contribution in [1.29, 1.82) is 0 Å². The largest absolute Gasteiger partial charge is 0.388 e. The molecule has 0 aliphatic carbocycles. The van der Waals surface area contributed by atoms with Crippen LogP contribution in [0.15, 0.2) is 18.2 Å². The molecule has 5 heteroatoms. The van der Waals surface area contributed by atoms with E-state index in [0.717, 1.165) is 18.2 Å². The first kappa shape index (κ1) is 11.0. The molecule has 0 spiro atoms. The molecule has 1 aromatic rings. The second-order valence-corrected chi connectivity index (χ2v) is 3.92. The van der Waals surface area contributed by atoms with E-state index in [0.29, 0.717) is 6.54 Å². The first-order chi connectivity index (χ1) is 7.56. The molecular weight excluding hydrogens is 216 g/mol. The van der Waals surface area contributed by atoms with Gasteiger partial charge in [0.25, 0.3) is 0 Å². The minimum Gasteiger partial charge on any atom is -0.388 e. The van der Waals surface area contributed by atoms with Crippen molar-refractivity contribution in [1.82, 2.24) is 5.32 Å². The number of aliphatic hydroxyl groups is 1. The summed E-state index contributed by atoms with van der Waals surface area (Å²) >= 11 is 0. The number of carbonyl (C=O) groups is 1. The molecule has 0 bridgehead atoms. The Hall–Kier alpha value is -1.49. The van der Waals surface area contributed by atoms with Gasteiger partial charge >= 0.3 is 0 Å². The summed E-state index contributed by atoms with van der Waals surface area (Å²) in [6, 6.07) is 2.90. The van der Waals surface area contributed by atoms with Crippen LogP contribution in [0.5, 0.6) is 0 Å². The third-order valence-corrected chi connectivity index (χ3v) is 2.68. The number of carbonyl (C=O) groups excluding carboxylic acids is 1. The molecule has 3 nitrogen and oxygen atoms in total. The van der Waals surface area contributed by atoms with Crippen LogP contribution in [0.3, 0.4) is 0 Å². The molecule has 2 N–H and O–H groups in total. The minimum atomic E-state index is -1.02. The molecule has 2 unspecified atom stereocenters. The number of amides is 1. The third kappa shape index (κ3) is 2.19. The molecule has 0 saturated carbocycles. The molecule has 1 fully saturated rings. The van der Waals surface area contributed by atoms with Gasteiger partial charge < -0.3 is 10.4 Å². The van der Waals surface area contributed by atoms with Gasteiger partial charge in [-0.25, -0.2) is 8.78 Å². The molecule has 0 aromatic heterocycles. The van der Waals surface area contributed by atoms with Gasteiger partial charge in [0.15, 0.2) is 0 Å². The predicted molar refractivity (Wildman–Crippen MR) is 52.4 cm³/mol. The number of rotatable bonds is 2. The Labute approximate surface area is 91.1 Å². The zero-order valence-corrected chi connectivity index (χ0v) is 8.41. The second-order valence-electron chi connectivity index (χ2n) is 3.92. The summed E-state index contributed by atoms with van der Waals surface area (Å²) in [5.41, 5.74) is 0.166. The molecule has 1 amide bonds. The summed E-state index contributed by atoms with van der Waals surface area (Å²) < 4.78 is 25.8. The van der Waals surface area contributed by atoms with Gasteiger partial charge in [-0.05, 0) is 17.7 Å². The van der Waals surface area contributed by atoms with Crippen LogP contribution in [0.2, 0.25) is 0 Å². The van der Waals surface area contributed by atoms with E-state index in [1.807, 2.05) is 0 Å². The van der Waals surface area contributed by atoms with E-state index < -0.39 is 17.7 Å². The molecule has 2 rings (SSSR count). The van der Waals surface area contributed by atoms with Crippen molar-refractivity contribution in [3.8, 4) is 0 Å². The number of nitrogens with one attached hydrogen (secondary N) is 1. The highest BCUT2D eigenvalue weighted by Gasteiger charge is 2.29. The van der Waals surface area contributed by atoms with Crippen molar-refractivity contribution in [2.24, 2.45) is 5.92 Å². The molecular formula is C11H11F2NO2. The average molecular weight is 227 g/mol. The number of hydrogen-bond acceptors (Lipinski definition) is 2. The maximum absolute atomic E-state index is 12.9. The molecule has 1 saturated heterocycles. The second kappa shape index (κ2) is 4.17. The Kier molecular flexibility index (Phi) is 2.87. The fourth-order valence-electron chi connectivity index (χ4n) is 1.87. The van der Waals surface area contributed by atoms with Crippen LogP contribution < -0.4 is 5.32 Å². The van der Waals surface area contributed by atoms with Crippen LogP contribution in [0, 0.1) is 17.6 Å². The number of halogens is 2. The lowest BCUT2D eigenvalue weighted by molar-refractivity contribution is -0.119. The monoisotopic (exact) mass is 227 g/mol. The van der Waals surface area contributed by atoms with Crippen molar-refractivity contribution in [3.05, 3.63) is 35.4 Å². The van der Waals surface area contributed by atoms with Gasteiger partial charge in [-0.1, -0.05) is 0 Å². The highest BCUT2D eigenvalue weighted by atomic mass is 19.1. The summed E-state index contributed by atoms with van der Waals surface area (Å²) in [4.78, 5) is 11.0. The Bertz CT molecular complexity index is 402. The van der Waals surface area contributed by atoms with Crippen molar-refractivity contribution >= 4 is 5.91 Å². The van der Waals surface area contributed by atoms with E-state index in [2.05, 4.69) is 5.32 Å². The maximum Gasteiger partial charge on any atom is 0.220 e. The fourth-order valence-corrected chi connectivity index (χ4v) is 1.87. The van der Waals surface area contributed by atoms with Crippen LogP contribution >= 0.6 is 0 Å². The summed E-state index contributed by atoms with van der Waals surface area (Å²) in [5.74, 6) is -1.94. The summed E-state index contributed by atoms with van der Waals surface area (Å²) in [7, 11) is 0. The van der Waals surface area contributed by atoms with Gasteiger partial charge in [0.1, 0.15) is 11.6 Å². The molecule has 0 radical (unpaired) electrons. The Morgan fingerprint density at radius 2 is 1.94 bits per heavy atom. The van der Waals surface area contributed by atoms with Gasteiger partial charge in [-0.3, -0.25) is 4.79 Å². The molecule has 1 aliphatic rings. The van der Waals surface area contributed by atoms with Crippen LogP contribution in [-0.4, -0.2) is 17.6 Å². The molecule has 1 aliphatic heterocycles. The lowest BCUT2D eigenvalue weighted by Gasteiger charge is -2.16. The van der Waals surface area contributed by atoms with E-state index >= 15 is 0 Å². The van der Waals surface area contributed by atoms with Gasteiger partial charge in [0.05, 0.1) is 6.10 Å². The molecule has 16 heavy (non-hydrogen) atoms. The smallest absolute Gasteiger partial charge is 0.220 e.